The number of morpholine rings is 1. The van der Waals surface area contributed by atoms with Crippen LogP contribution in [0.25, 0.3) is 0 Å². The molecular formula is C16H22N4OS. The summed E-state index contributed by atoms with van der Waals surface area (Å²) in [5.41, 5.74) is 5.12. The summed E-state index contributed by atoms with van der Waals surface area (Å²) in [6, 6.07) is 4.23. The van der Waals surface area contributed by atoms with Gasteiger partial charge in [0, 0.05) is 56.2 Å². The van der Waals surface area contributed by atoms with Crippen molar-refractivity contribution >= 4 is 17.0 Å². The average molecular weight is 318 g/mol. The molecule has 0 amide bonds. The Labute approximate surface area is 135 Å². The van der Waals surface area contributed by atoms with Crippen LogP contribution in [0.2, 0.25) is 0 Å². The Balaban J connectivity index is 1.74. The van der Waals surface area contributed by atoms with Crippen molar-refractivity contribution in [3.8, 4) is 0 Å². The number of pyridine rings is 1. The maximum Gasteiger partial charge on any atom is 0.112 e. The number of aromatic nitrogens is 2. The van der Waals surface area contributed by atoms with E-state index in [4.69, 9.17) is 4.74 Å². The van der Waals surface area contributed by atoms with Gasteiger partial charge in [0.15, 0.2) is 0 Å². The van der Waals surface area contributed by atoms with Crippen molar-refractivity contribution in [2.24, 2.45) is 0 Å². The van der Waals surface area contributed by atoms with E-state index in [1.165, 1.54) is 10.6 Å². The van der Waals surface area contributed by atoms with Crippen molar-refractivity contribution in [3.05, 3.63) is 40.1 Å². The number of nitrogens with zero attached hydrogens (tertiary/aromatic N) is 4. The first-order chi connectivity index (χ1) is 10.6. The van der Waals surface area contributed by atoms with E-state index >= 15 is 0 Å². The van der Waals surface area contributed by atoms with Gasteiger partial charge >= 0.3 is 0 Å². The fraction of sp³-hybridized carbons (Fsp3) is 0.500. The van der Waals surface area contributed by atoms with E-state index in [1.807, 2.05) is 18.6 Å². The zero-order chi connectivity index (χ0) is 15.5. The van der Waals surface area contributed by atoms with Crippen molar-refractivity contribution in [2.45, 2.75) is 19.6 Å². The number of thiazole rings is 1. The third kappa shape index (κ3) is 3.63. The minimum Gasteiger partial charge on any atom is -0.378 e. The molecule has 2 aromatic rings. The maximum atomic E-state index is 5.97. The predicted octanol–water partition coefficient (Wildman–Crippen LogP) is 2.49. The Morgan fingerprint density at radius 2 is 2.27 bits per heavy atom. The third-order valence-electron chi connectivity index (χ3n) is 3.82. The molecule has 5 nitrogen and oxygen atoms in total. The number of hydrogen-bond acceptors (Lipinski definition) is 6. The molecule has 0 spiro atoms. The Morgan fingerprint density at radius 1 is 1.41 bits per heavy atom. The van der Waals surface area contributed by atoms with Gasteiger partial charge in [-0.2, -0.15) is 0 Å². The summed E-state index contributed by atoms with van der Waals surface area (Å²) in [5.74, 6) is 0. The molecule has 1 fully saturated rings. The quantitative estimate of drug-likeness (QED) is 0.866. The van der Waals surface area contributed by atoms with Gasteiger partial charge in [0.25, 0.3) is 0 Å². The average Bonchev–Trinajstić information content (AvgIpc) is 3.00. The summed E-state index contributed by atoms with van der Waals surface area (Å²) in [7, 11) is 4.10. The van der Waals surface area contributed by atoms with Crippen LogP contribution in [0.15, 0.2) is 23.8 Å². The monoisotopic (exact) mass is 318 g/mol. The first kappa shape index (κ1) is 15.4. The van der Waals surface area contributed by atoms with Crippen molar-refractivity contribution in [3.63, 3.8) is 0 Å². The van der Waals surface area contributed by atoms with Gasteiger partial charge in [0.05, 0.1) is 17.8 Å². The normalized spacial score (nSPS) is 19.3. The Kier molecular flexibility index (Phi) is 4.71. The van der Waals surface area contributed by atoms with Gasteiger partial charge in [0.2, 0.25) is 0 Å². The number of rotatable bonds is 4. The van der Waals surface area contributed by atoms with E-state index in [0.29, 0.717) is 0 Å². The largest absolute Gasteiger partial charge is 0.378 e. The van der Waals surface area contributed by atoms with Gasteiger partial charge in [0.1, 0.15) is 6.10 Å². The molecule has 0 N–H and O–H groups in total. The summed E-state index contributed by atoms with van der Waals surface area (Å²) in [4.78, 5) is 14.7. The third-order valence-corrected chi connectivity index (χ3v) is 4.58. The lowest BCUT2D eigenvalue weighted by molar-refractivity contribution is -0.0347. The van der Waals surface area contributed by atoms with Crippen LogP contribution >= 0.6 is 11.3 Å². The Bertz CT molecular complexity index is 615. The molecule has 0 aromatic carbocycles. The van der Waals surface area contributed by atoms with E-state index in [-0.39, 0.29) is 6.10 Å². The second-order valence-electron chi connectivity index (χ2n) is 5.85. The van der Waals surface area contributed by atoms with E-state index < -0.39 is 0 Å². The molecule has 1 saturated heterocycles. The zero-order valence-corrected chi connectivity index (χ0v) is 14.1. The molecule has 0 saturated carbocycles. The number of hydrogen-bond donors (Lipinski definition) is 0. The van der Waals surface area contributed by atoms with Crippen LogP contribution in [0, 0.1) is 6.92 Å². The molecule has 1 atom stereocenters. The van der Waals surface area contributed by atoms with Gasteiger partial charge < -0.3 is 9.64 Å². The van der Waals surface area contributed by atoms with Crippen LogP contribution in [-0.4, -0.2) is 48.7 Å². The molecule has 1 aliphatic heterocycles. The Hall–Kier alpha value is -1.50. The molecule has 118 valence electrons. The molecule has 0 aliphatic carbocycles. The molecule has 3 rings (SSSR count). The van der Waals surface area contributed by atoms with Crippen LogP contribution in [0.1, 0.15) is 22.4 Å². The van der Waals surface area contributed by atoms with Gasteiger partial charge in [-0.15, -0.1) is 11.3 Å². The maximum absolute atomic E-state index is 5.97. The SMILES string of the molecule is Cc1cc(N(C)C)cc([C@H]2CN(Cc3cncs3)CCO2)n1. The van der Waals surface area contributed by atoms with E-state index in [2.05, 4.69) is 46.0 Å². The van der Waals surface area contributed by atoms with E-state index in [9.17, 15) is 0 Å². The minimum absolute atomic E-state index is 0.0419. The smallest absolute Gasteiger partial charge is 0.112 e. The summed E-state index contributed by atoms with van der Waals surface area (Å²) >= 11 is 1.71. The molecule has 3 heterocycles. The lowest BCUT2D eigenvalue weighted by atomic mass is 10.1. The molecule has 0 bridgehead atoms. The van der Waals surface area contributed by atoms with Crippen molar-refractivity contribution in [1.82, 2.24) is 14.9 Å². The topological polar surface area (TPSA) is 41.5 Å². The second-order valence-corrected chi connectivity index (χ2v) is 6.82. The standard InChI is InChI=1S/C16H22N4OS/c1-12-6-13(19(2)3)7-15(18-12)16-10-20(4-5-21-16)9-14-8-17-11-22-14/h6-8,11,16H,4-5,9-10H2,1-3H3/t16-/m1/s1. The first-order valence-electron chi connectivity index (χ1n) is 7.49. The highest BCUT2D eigenvalue weighted by Crippen LogP contribution is 2.25. The molecule has 6 heteroatoms. The van der Waals surface area contributed by atoms with Gasteiger partial charge in [-0.3, -0.25) is 14.9 Å². The fourth-order valence-corrected chi connectivity index (χ4v) is 3.30. The van der Waals surface area contributed by atoms with Crippen LogP contribution in [-0.2, 0) is 11.3 Å². The van der Waals surface area contributed by atoms with Crippen molar-refractivity contribution in [1.29, 1.82) is 0 Å². The zero-order valence-electron chi connectivity index (χ0n) is 13.3. The number of anilines is 1. The fourth-order valence-electron chi connectivity index (χ4n) is 2.66. The summed E-state index contributed by atoms with van der Waals surface area (Å²) in [6.07, 6.45) is 1.99. The predicted molar refractivity (Wildman–Crippen MR) is 89.4 cm³/mol. The summed E-state index contributed by atoms with van der Waals surface area (Å²) in [5, 5.41) is 0. The highest BCUT2D eigenvalue weighted by molar-refractivity contribution is 7.09. The van der Waals surface area contributed by atoms with E-state index in [1.54, 1.807) is 11.3 Å². The second kappa shape index (κ2) is 6.73. The van der Waals surface area contributed by atoms with Gasteiger partial charge in [-0.1, -0.05) is 0 Å². The lowest BCUT2D eigenvalue weighted by Crippen LogP contribution is -2.38. The highest BCUT2D eigenvalue weighted by atomic mass is 32.1. The Morgan fingerprint density at radius 3 is 3.00 bits per heavy atom. The molecule has 22 heavy (non-hydrogen) atoms. The number of aryl methyl sites for hydroxylation is 1. The van der Waals surface area contributed by atoms with Gasteiger partial charge in [-0.25, -0.2) is 0 Å². The molecule has 1 aliphatic rings. The highest BCUT2D eigenvalue weighted by Gasteiger charge is 2.24. The first-order valence-corrected chi connectivity index (χ1v) is 8.37. The summed E-state index contributed by atoms with van der Waals surface area (Å²) < 4.78 is 5.97. The summed E-state index contributed by atoms with van der Waals surface area (Å²) in [6.45, 7) is 5.56. The van der Waals surface area contributed by atoms with Crippen molar-refractivity contribution < 1.29 is 4.74 Å². The molecular weight excluding hydrogens is 296 g/mol. The van der Waals surface area contributed by atoms with Crippen LogP contribution in [0.5, 0.6) is 0 Å². The van der Waals surface area contributed by atoms with Crippen molar-refractivity contribution in [2.75, 3.05) is 38.7 Å². The lowest BCUT2D eigenvalue weighted by Gasteiger charge is -2.32. The van der Waals surface area contributed by atoms with Crippen LogP contribution in [0.4, 0.5) is 5.69 Å². The van der Waals surface area contributed by atoms with Crippen LogP contribution in [0.3, 0.4) is 0 Å². The van der Waals surface area contributed by atoms with Gasteiger partial charge in [-0.05, 0) is 19.1 Å². The minimum atomic E-state index is 0.0419. The van der Waals surface area contributed by atoms with E-state index in [0.717, 1.165) is 37.6 Å². The molecule has 0 radical (unpaired) electrons. The van der Waals surface area contributed by atoms with Crippen LogP contribution < -0.4 is 4.90 Å². The molecule has 0 unspecified atom stereocenters. The molecule has 2 aromatic heterocycles. The number of ether oxygens (including phenoxy) is 1.